The fraction of sp³-hybridized carbons (Fsp3) is 0.263. The topological polar surface area (TPSA) is 58.2 Å². The Balaban J connectivity index is 1.72. The molecular weight excluding hydrogens is 320 g/mol. The summed E-state index contributed by atoms with van der Waals surface area (Å²) in [5.74, 6) is -0.701. The second kappa shape index (κ2) is 7.09. The SMILES string of the molecule is CCc1cccc(NC(=O)[C@H](C)[C@@H]2Sc3ccccc3NC2=O)c1. The molecule has 1 aliphatic rings. The minimum absolute atomic E-state index is 0.122. The molecule has 0 saturated carbocycles. The standard InChI is InChI=1S/C19H20N2O2S/c1-3-13-7-6-8-14(11-13)20-18(22)12(2)17-19(23)21-15-9-4-5-10-16(15)24-17/h4-12,17H,3H2,1-2H3,(H,20,22)(H,21,23)/t12-,17+/m1/s1. The third-order valence-electron chi connectivity index (χ3n) is 4.13. The molecule has 2 N–H and O–H groups in total. The molecule has 1 heterocycles. The van der Waals surface area contributed by atoms with E-state index in [1.807, 2.05) is 48.5 Å². The number of amides is 2. The van der Waals surface area contributed by atoms with Crippen LogP contribution in [0.5, 0.6) is 0 Å². The predicted octanol–water partition coefficient (Wildman–Crippen LogP) is 3.94. The molecule has 2 aromatic carbocycles. The maximum Gasteiger partial charge on any atom is 0.238 e. The van der Waals surface area contributed by atoms with Gasteiger partial charge >= 0.3 is 0 Å². The zero-order chi connectivity index (χ0) is 17.1. The molecule has 2 atom stereocenters. The number of carbonyl (C=O) groups excluding carboxylic acids is 2. The number of rotatable bonds is 4. The van der Waals surface area contributed by atoms with Crippen molar-refractivity contribution >= 4 is 35.0 Å². The van der Waals surface area contributed by atoms with E-state index in [0.717, 1.165) is 22.7 Å². The molecule has 124 valence electrons. The van der Waals surface area contributed by atoms with E-state index in [0.29, 0.717) is 0 Å². The summed E-state index contributed by atoms with van der Waals surface area (Å²) in [6, 6.07) is 15.4. The summed E-state index contributed by atoms with van der Waals surface area (Å²) in [5, 5.41) is 5.38. The number of fused-ring (bicyclic) bond motifs is 1. The Labute approximate surface area is 146 Å². The monoisotopic (exact) mass is 340 g/mol. The molecule has 5 heteroatoms. The van der Waals surface area contributed by atoms with Crippen LogP contribution < -0.4 is 10.6 Å². The van der Waals surface area contributed by atoms with Crippen molar-refractivity contribution in [1.82, 2.24) is 0 Å². The summed E-state index contributed by atoms with van der Waals surface area (Å²) in [7, 11) is 0. The first kappa shape index (κ1) is 16.6. The lowest BCUT2D eigenvalue weighted by Gasteiger charge is -2.27. The van der Waals surface area contributed by atoms with Crippen LogP contribution in [0.4, 0.5) is 11.4 Å². The van der Waals surface area contributed by atoms with Crippen LogP contribution >= 0.6 is 11.8 Å². The minimum Gasteiger partial charge on any atom is -0.326 e. The molecule has 4 nitrogen and oxygen atoms in total. The van der Waals surface area contributed by atoms with E-state index >= 15 is 0 Å². The van der Waals surface area contributed by atoms with Crippen LogP contribution in [0.2, 0.25) is 0 Å². The molecule has 3 rings (SSSR count). The highest BCUT2D eigenvalue weighted by atomic mass is 32.2. The normalized spacial score (nSPS) is 17.6. The van der Waals surface area contributed by atoms with Crippen LogP contribution in [0.1, 0.15) is 19.4 Å². The molecule has 24 heavy (non-hydrogen) atoms. The molecule has 2 amide bonds. The number of hydrogen-bond donors (Lipinski definition) is 2. The Bertz CT molecular complexity index is 775. The van der Waals surface area contributed by atoms with Crippen LogP contribution in [0.15, 0.2) is 53.4 Å². The number of nitrogens with one attached hydrogen (secondary N) is 2. The minimum atomic E-state index is -0.436. The van der Waals surface area contributed by atoms with Crippen LogP contribution in [-0.4, -0.2) is 17.1 Å². The first-order valence-electron chi connectivity index (χ1n) is 8.05. The summed E-state index contributed by atoms with van der Waals surface area (Å²) in [4.78, 5) is 25.9. The van der Waals surface area contributed by atoms with Crippen molar-refractivity contribution in [2.75, 3.05) is 10.6 Å². The maximum absolute atomic E-state index is 12.6. The highest BCUT2D eigenvalue weighted by Gasteiger charge is 2.35. The van der Waals surface area contributed by atoms with Gasteiger partial charge in [0.1, 0.15) is 0 Å². The van der Waals surface area contributed by atoms with Gasteiger partial charge in [0.25, 0.3) is 0 Å². The van der Waals surface area contributed by atoms with E-state index in [2.05, 4.69) is 17.6 Å². The largest absolute Gasteiger partial charge is 0.326 e. The summed E-state index contributed by atoms with van der Waals surface area (Å²) in [6.07, 6.45) is 0.914. The molecule has 0 aliphatic carbocycles. The van der Waals surface area contributed by atoms with Gasteiger partial charge in [0.15, 0.2) is 0 Å². The molecular formula is C19H20N2O2S. The molecule has 0 unspecified atom stereocenters. The van der Waals surface area contributed by atoms with E-state index in [1.54, 1.807) is 6.92 Å². The summed E-state index contributed by atoms with van der Waals surface area (Å²) in [6.45, 7) is 3.87. The van der Waals surface area contributed by atoms with Crippen LogP contribution in [-0.2, 0) is 16.0 Å². The van der Waals surface area contributed by atoms with Gasteiger partial charge in [-0.3, -0.25) is 9.59 Å². The van der Waals surface area contributed by atoms with Crippen molar-refractivity contribution in [3.8, 4) is 0 Å². The van der Waals surface area contributed by atoms with E-state index in [-0.39, 0.29) is 11.8 Å². The average Bonchev–Trinajstić information content (AvgIpc) is 2.60. The van der Waals surface area contributed by atoms with Crippen molar-refractivity contribution in [2.24, 2.45) is 5.92 Å². The molecule has 1 aliphatic heterocycles. The first-order chi connectivity index (χ1) is 11.6. The quantitative estimate of drug-likeness (QED) is 0.886. The van der Waals surface area contributed by atoms with Crippen LogP contribution in [0.3, 0.4) is 0 Å². The smallest absolute Gasteiger partial charge is 0.238 e. The van der Waals surface area contributed by atoms with E-state index in [4.69, 9.17) is 0 Å². The van der Waals surface area contributed by atoms with Gasteiger partial charge in [-0.25, -0.2) is 0 Å². The van der Waals surface area contributed by atoms with Crippen LogP contribution in [0, 0.1) is 5.92 Å². The number of benzene rings is 2. The van der Waals surface area contributed by atoms with Crippen LogP contribution in [0.25, 0.3) is 0 Å². The highest BCUT2D eigenvalue weighted by Crippen LogP contribution is 2.38. The summed E-state index contributed by atoms with van der Waals surface area (Å²) >= 11 is 1.45. The predicted molar refractivity (Wildman–Crippen MR) is 98.3 cm³/mol. The fourth-order valence-electron chi connectivity index (χ4n) is 2.66. The lowest BCUT2D eigenvalue weighted by Crippen LogP contribution is -2.39. The fourth-order valence-corrected chi connectivity index (χ4v) is 3.83. The highest BCUT2D eigenvalue weighted by molar-refractivity contribution is 8.01. The number of anilines is 2. The number of aryl methyl sites for hydroxylation is 1. The van der Waals surface area contributed by atoms with E-state index < -0.39 is 11.2 Å². The van der Waals surface area contributed by atoms with Crippen molar-refractivity contribution in [2.45, 2.75) is 30.4 Å². The van der Waals surface area contributed by atoms with Crippen molar-refractivity contribution in [3.63, 3.8) is 0 Å². The molecule has 2 aromatic rings. The Hall–Kier alpha value is -2.27. The van der Waals surface area contributed by atoms with E-state index in [1.165, 1.54) is 17.3 Å². The number of carbonyl (C=O) groups is 2. The summed E-state index contributed by atoms with van der Waals surface area (Å²) < 4.78 is 0. The molecule has 0 bridgehead atoms. The number of para-hydroxylation sites is 1. The molecule has 0 fully saturated rings. The number of hydrogen-bond acceptors (Lipinski definition) is 3. The third kappa shape index (κ3) is 3.46. The Morgan fingerprint density at radius 1 is 1.25 bits per heavy atom. The second-order valence-corrected chi connectivity index (χ2v) is 7.04. The lowest BCUT2D eigenvalue weighted by atomic mass is 10.0. The molecule has 0 spiro atoms. The van der Waals surface area contributed by atoms with Gasteiger partial charge in [-0.2, -0.15) is 0 Å². The van der Waals surface area contributed by atoms with Gasteiger partial charge in [-0.1, -0.05) is 38.1 Å². The van der Waals surface area contributed by atoms with Crippen molar-refractivity contribution in [1.29, 1.82) is 0 Å². The Kier molecular flexibility index (Phi) is 4.90. The van der Waals surface area contributed by atoms with Gasteiger partial charge in [0, 0.05) is 10.6 Å². The van der Waals surface area contributed by atoms with Gasteiger partial charge < -0.3 is 10.6 Å². The lowest BCUT2D eigenvalue weighted by molar-refractivity contribution is -0.123. The van der Waals surface area contributed by atoms with Crippen molar-refractivity contribution < 1.29 is 9.59 Å². The van der Waals surface area contributed by atoms with E-state index in [9.17, 15) is 9.59 Å². The third-order valence-corrected chi connectivity index (χ3v) is 5.61. The maximum atomic E-state index is 12.6. The number of thioether (sulfide) groups is 1. The van der Waals surface area contributed by atoms with Gasteiger partial charge in [0.05, 0.1) is 16.9 Å². The van der Waals surface area contributed by atoms with Gasteiger partial charge in [-0.15, -0.1) is 11.8 Å². The van der Waals surface area contributed by atoms with Gasteiger partial charge in [0.2, 0.25) is 11.8 Å². The molecule has 0 aromatic heterocycles. The zero-order valence-electron chi connectivity index (χ0n) is 13.7. The Morgan fingerprint density at radius 3 is 2.83 bits per heavy atom. The molecule has 0 saturated heterocycles. The molecule has 0 radical (unpaired) electrons. The summed E-state index contributed by atoms with van der Waals surface area (Å²) in [5.41, 5.74) is 2.75. The Morgan fingerprint density at radius 2 is 2.04 bits per heavy atom. The van der Waals surface area contributed by atoms with Gasteiger partial charge in [-0.05, 0) is 36.2 Å². The van der Waals surface area contributed by atoms with Crippen molar-refractivity contribution in [3.05, 3.63) is 54.1 Å². The second-order valence-electron chi connectivity index (χ2n) is 5.86. The first-order valence-corrected chi connectivity index (χ1v) is 8.93. The zero-order valence-corrected chi connectivity index (χ0v) is 14.5. The average molecular weight is 340 g/mol.